The normalized spacial score (nSPS) is 15.4. The van der Waals surface area contributed by atoms with Crippen LogP contribution in [0.15, 0.2) is 79.4 Å². The van der Waals surface area contributed by atoms with E-state index >= 15 is 0 Å². The minimum absolute atomic E-state index is 0.0854. The molecule has 1 aliphatic rings. The molecule has 0 saturated heterocycles. The van der Waals surface area contributed by atoms with E-state index in [2.05, 4.69) is 37.8 Å². The number of aldehydes is 1. The van der Waals surface area contributed by atoms with E-state index in [1.165, 1.54) is 17.9 Å². The summed E-state index contributed by atoms with van der Waals surface area (Å²) in [5, 5.41) is 7.94. The smallest absolute Gasteiger partial charge is 0.314 e. The molecule has 3 aromatic rings. The van der Waals surface area contributed by atoms with Gasteiger partial charge >= 0.3 is 5.97 Å². The molecule has 0 heterocycles. The first-order chi connectivity index (χ1) is 23.0. The standard InChI is InChI=1S/C37H47NO5.C3H4O/c1-3-8-28-9-13-30(14-10-28)36-22-21-35(25-32(36)26-38)42-27-29-11-15-31(16-12-29)37(39)43-34-19-17-33(18-20-34)41-24-7-5-4-6-23-40-2;1-2-3-4/h9-10,13-14,17-22,25-26,29,31,38H,3-8,11-12,15-16,23-24,27H2,1-2H3;2-3H,1H2. The molecule has 1 N–H and O–H groups in total. The maximum atomic E-state index is 12.8. The second-order valence-electron chi connectivity index (χ2n) is 11.9. The summed E-state index contributed by atoms with van der Waals surface area (Å²) < 4.78 is 22.7. The summed E-state index contributed by atoms with van der Waals surface area (Å²) in [6.07, 6.45) is 13.3. The number of methoxy groups -OCH3 is 1. The van der Waals surface area contributed by atoms with Crippen molar-refractivity contribution in [3.8, 4) is 28.4 Å². The van der Waals surface area contributed by atoms with E-state index in [-0.39, 0.29) is 11.9 Å². The summed E-state index contributed by atoms with van der Waals surface area (Å²) in [5.74, 6) is 2.29. The summed E-state index contributed by atoms with van der Waals surface area (Å²) in [6.45, 7) is 7.40. The van der Waals surface area contributed by atoms with Gasteiger partial charge in [-0.1, -0.05) is 56.7 Å². The van der Waals surface area contributed by atoms with Gasteiger partial charge in [-0.25, -0.2) is 0 Å². The number of carbonyl (C=O) groups is 2. The lowest BCUT2D eigenvalue weighted by molar-refractivity contribution is -0.140. The highest BCUT2D eigenvalue weighted by Gasteiger charge is 2.28. The van der Waals surface area contributed by atoms with Crippen LogP contribution in [0.3, 0.4) is 0 Å². The minimum atomic E-state index is -0.155. The summed E-state index contributed by atoms with van der Waals surface area (Å²) in [4.78, 5) is 21.9. The second kappa shape index (κ2) is 21.5. The molecular formula is C40H51NO6. The number of nitrogens with one attached hydrogen (secondary N) is 1. The summed E-state index contributed by atoms with van der Waals surface area (Å²) in [6, 6.07) is 21.9. The third-order valence-electron chi connectivity index (χ3n) is 8.30. The molecule has 0 aliphatic heterocycles. The Balaban J connectivity index is 0.00000142. The Morgan fingerprint density at radius 2 is 1.49 bits per heavy atom. The molecule has 0 spiro atoms. The summed E-state index contributed by atoms with van der Waals surface area (Å²) in [7, 11) is 1.73. The largest absolute Gasteiger partial charge is 0.494 e. The molecule has 252 valence electrons. The zero-order chi connectivity index (χ0) is 33.7. The van der Waals surface area contributed by atoms with Gasteiger partial charge in [-0.05, 0) is 116 Å². The molecule has 0 bridgehead atoms. The van der Waals surface area contributed by atoms with E-state index in [0.717, 1.165) is 99.0 Å². The zero-order valence-corrected chi connectivity index (χ0v) is 28.1. The van der Waals surface area contributed by atoms with Crippen molar-refractivity contribution in [2.45, 2.75) is 71.1 Å². The molecule has 47 heavy (non-hydrogen) atoms. The van der Waals surface area contributed by atoms with Gasteiger partial charge in [-0.3, -0.25) is 9.59 Å². The molecular weight excluding hydrogens is 590 g/mol. The van der Waals surface area contributed by atoms with Crippen molar-refractivity contribution in [2.24, 2.45) is 11.8 Å². The number of allylic oxidation sites excluding steroid dienone is 1. The third-order valence-corrected chi connectivity index (χ3v) is 8.30. The van der Waals surface area contributed by atoms with Crippen molar-refractivity contribution in [3.05, 3.63) is 90.5 Å². The van der Waals surface area contributed by atoms with Crippen molar-refractivity contribution in [1.82, 2.24) is 0 Å². The van der Waals surface area contributed by atoms with Crippen LogP contribution in [0.1, 0.15) is 75.8 Å². The third kappa shape index (κ3) is 13.2. The van der Waals surface area contributed by atoms with Gasteiger partial charge in [0.1, 0.15) is 23.5 Å². The molecule has 7 heteroatoms. The molecule has 4 rings (SSSR count). The van der Waals surface area contributed by atoms with Gasteiger partial charge in [0.25, 0.3) is 0 Å². The van der Waals surface area contributed by atoms with Gasteiger partial charge in [0.05, 0.1) is 19.1 Å². The average Bonchev–Trinajstić information content (AvgIpc) is 3.11. The van der Waals surface area contributed by atoms with Crippen LogP contribution in [0.4, 0.5) is 0 Å². The fraction of sp³-hybridized carbons (Fsp3) is 0.425. The fourth-order valence-electron chi connectivity index (χ4n) is 5.63. The van der Waals surface area contributed by atoms with Gasteiger partial charge in [0.2, 0.25) is 0 Å². The van der Waals surface area contributed by atoms with Crippen molar-refractivity contribution in [1.29, 1.82) is 5.41 Å². The lowest BCUT2D eigenvalue weighted by Gasteiger charge is -2.27. The van der Waals surface area contributed by atoms with Gasteiger partial charge in [-0.15, -0.1) is 0 Å². The predicted octanol–water partition coefficient (Wildman–Crippen LogP) is 9.05. The maximum absolute atomic E-state index is 12.8. The Morgan fingerprint density at radius 1 is 0.851 bits per heavy atom. The predicted molar refractivity (Wildman–Crippen MR) is 189 cm³/mol. The summed E-state index contributed by atoms with van der Waals surface area (Å²) in [5.41, 5.74) is 4.33. The number of esters is 1. The second-order valence-corrected chi connectivity index (χ2v) is 11.9. The quantitative estimate of drug-likeness (QED) is 0.0372. The van der Waals surface area contributed by atoms with Crippen LogP contribution >= 0.6 is 0 Å². The van der Waals surface area contributed by atoms with E-state index in [0.29, 0.717) is 31.2 Å². The lowest BCUT2D eigenvalue weighted by Crippen LogP contribution is -2.27. The number of unbranched alkanes of at least 4 members (excludes halogenated alkanes) is 3. The number of hydrogen-bond donors (Lipinski definition) is 1. The first kappa shape index (κ1) is 37.2. The van der Waals surface area contributed by atoms with Crippen LogP contribution in [0.2, 0.25) is 0 Å². The molecule has 3 aromatic carbocycles. The average molecular weight is 642 g/mol. The Bertz CT molecular complexity index is 1350. The number of benzene rings is 3. The molecule has 0 unspecified atom stereocenters. The van der Waals surface area contributed by atoms with Crippen LogP contribution in [0.5, 0.6) is 17.2 Å². The van der Waals surface area contributed by atoms with Crippen molar-refractivity contribution in [3.63, 3.8) is 0 Å². The van der Waals surface area contributed by atoms with Gasteiger partial charge in [-0.2, -0.15) is 0 Å². The van der Waals surface area contributed by atoms with E-state index in [4.69, 9.17) is 29.2 Å². The van der Waals surface area contributed by atoms with Crippen molar-refractivity contribution < 1.29 is 28.5 Å². The highest BCUT2D eigenvalue weighted by molar-refractivity contribution is 5.89. The number of hydrogen-bond acceptors (Lipinski definition) is 7. The number of rotatable bonds is 18. The Kier molecular flexibility index (Phi) is 17.1. The molecule has 1 fully saturated rings. The van der Waals surface area contributed by atoms with E-state index < -0.39 is 0 Å². The number of carbonyl (C=O) groups excluding carboxylic acids is 2. The van der Waals surface area contributed by atoms with E-state index in [1.807, 2.05) is 30.3 Å². The monoisotopic (exact) mass is 641 g/mol. The number of ether oxygens (including phenoxy) is 4. The van der Waals surface area contributed by atoms with Gasteiger partial charge < -0.3 is 24.4 Å². The Hall–Kier alpha value is -4.23. The van der Waals surface area contributed by atoms with Crippen LogP contribution in [-0.4, -0.2) is 45.4 Å². The van der Waals surface area contributed by atoms with Gasteiger partial charge in [0, 0.05) is 25.5 Å². The zero-order valence-electron chi connectivity index (χ0n) is 28.1. The van der Waals surface area contributed by atoms with E-state index in [1.54, 1.807) is 19.2 Å². The first-order valence-corrected chi connectivity index (χ1v) is 16.9. The SMILES string of the molecule is C=CC=O.CCCc1ccc(-c2ccc(OCC3CCC(C(=O)Oc4ccc(OCCCCCCOC)cc4)CC3)cc2C=N)cc1. The van der Waals surface area contributed by atoms with Crippen LogP contribution in [0, 0.1) is 17.2 Å². The minimum Gasteiger partial charge on any atom is -0.494 e. The van der Waals surface area contributed by atoms with Crippen LogP contribution < -0.4 is 14.2 Å². The maximum Gasteiger partial charge on any atom is 0.314 e. The molecule has 7 nitrogen and oxygen atoms in total. The molecule has 1 aliphatic carbocycles. The van der Waals surface area contributed by atoms with Gasteiger partial charge in [0.15, 0.2) is 0 Å². The number of aryl methyl sites for hydroxylation is 1. The molecule has 0 radical (unpaired) electrons. The molecule has 0 atom stereocenters. The highest BCUT2D eigenvalue weighted by Crippen LogP contribution is 2.32. The topological polar surface area (TPSA) is 94.9 Å². The molecule has 0 aromatic heterocycles. The Morgan fingerprint density at radius 3 is 2.11 bits per heavy atom. The lowest BCUT2D eigenvalue weighted by atomic mass is 9.82. The molecule has 1 saturated carbocycles. The van der Waals surface area contributed by atoms with Crippen molar-refractivity contribution >= 4 is 18.5 Å². The fourth-order valence-corrected chi connectivity index (χ4v) is 5.63. The summed E-state index contributed by atoms with van der Waals surface area (Å²) >= 11 is 0. The Labute approximate surface area is 280 Å². The highest BCUT2D eigenvalue weighted by atomic mass is 16.5. The first-order valence-electron chi connectivity index (χ1n) is 16.9. The van der Waals surface area contributed by atoms with Crippen LogP contribution in [-0.2, 0) is 20.7 Å². The van der Waals surface area contributed by atoms with E-state index in [9.17, 15) is 4.79 Å². The van der Waals surface area contributed by atoms with Crippen molar-refractivity contribution in [2.75, 3.05) is 26.9 Å². The van der Waals surface area contributed by atoms with Crippen LogP contribution in [0.25, 0.3) is 11.1 Å². The molecule has 0 amide bonds.